The van der Waals surface area contributed by atoms with E-state index in [2.05, 4.69) is 10.4 Å². The van der Waals surface area contributed by atoms with Gasteiger partial charge in [0.2, 0.25) is 5.91 Å². The molecule has 6 nitrogen and oxygen atoms in total. The number of rotatable bonds is 5. The fraction of sp³-hybridized carbons (Fsp3) is 0.412. The molecule has 1 aliphatic heterocycles. The maximum Gasteiger partial charge on any atom is 0.224 e. The molecule has 1 saturated heterocycles. The summed E-state index contributed by atoms with van der Waals surface area (Å²) in [5, 5.41) is 7.60. The third-order valence-electron chi connectivity index (χ3n) is 4.00. The maximum atomic E-state index is 12.4. The van der Waals surface area contributed by atoms with Crippen molar-refractivity contribution in [2.75, 3.05) is 26.8 Å². The van der Waals surface area contributed by atoms with Crippen LogP contribution < -0.4 is 5.32 Å². The van der Waals surface area contributed by atoms with Gasteiger partial charge in [-0.3, -0.25) is 4.79 Å². The van der Waals surface area contributed by atoms with E-state index in [1.165, 1.54) is 0 Å². The Kier molecular flexibility index (Phi) is 5.05. The molecule has 1 aromatic heterocycles. The number of carbonyl (C=O) groups excluding carboxylic acids is 1. The maximum absolute atomic E-state index is 12.4. The molecule has 0 aliphatic carbocycles. The number of carbonyl (C=O) groups is 1. The van der Waals surface area contributed by atoms with Crippen LogP contribution in [0.3, 0.4) is 0 Å². The number of para-hydroxylation sites is 1. The van der Waals surface area contributed by atoms with Gasteiger partial charge in [0.15, 0.2) is 0 Å². The summed E-state index contributed by atoms with van der Waals surface area (Å²) in [6.45, 7) is 2.69. The Labute approximate surface area is 136 Å². The minimum atomic E-state index is 0.111. The number of amides is 1. The van der Waals surface area contributed by atoms with Crippen LogP contribution in [-0.4, -0.2) is 53.4 Å². The highest BCUT2D eigenvalue weighted by atomic mass is 16.5. The van der Waals surface area contributed by atoms with E-state index in [1.54, 1.807) is 11.1 Å². The van der Waals surface area contributed by atoms with Crippen LogP contribution in [-0.2, 0) is 16.1 Å². The van der Waals surface area contributed by atoms with Crippen LogP contribution in [0.4, 0.5) is 0 Å². The molecule has 1 unspecified atom stereocenters. The van der Waals surface area contributed by atoms with Crippen LogP contribution in [0.5, 0.6) is 0 Å². The highest BCUT2D eigenvalue weighted by Crippen LogP contribution is 2.16. The molecule has 1 N–H and O–H groups in total. The van der Waals surface area contributed by atoms with E-state index < -0.39 is 0 Å². The second-order valence-electron chi connectivity index (χ2n) is 5.76. The summed E-state index contributed by atoms with van der Waals surface area (Å²) in [6, 6.07) is 10.0. The number of hydrogen-bond donors (Lipinski definition) is 1. The van der Waals surface area contributed by atoms with Crippen molar-refractivity contribution >= 4 is 5.91 Å². The van der Waals surface area contributed by atoms with Crippen molar-refractivity contribution in [2.45, 2.75) is 19.0 Å². The first-order valence-electron chi connectivity index (χ1n) is 7.87. The van der Waals surface area contributed by atoms with E-state index in [0.29, 0.717) is 19.6 Å². The van der Waals surface area contributed by atoms with Crippen LogP contribution in [0, 0.1) is 0 Å². The molecular formula is C17H22N4O2. The van der Waals surface area contributed by atoms with E-state index >= 15 is 0 Å². The molecule has 1 amide bonds. The normalized spacial score (nSPS) is 17.9. The van der Waals surface area contributed by atoms with Gasteiger partial charge in [0, 0.05) is 45.0 Å². The monoisotopic (exact) mass is 314 g/mol. The molecule has 23 heavy (non-hydrogen) atoms. The number of hydrogen-bond acceptors (Lipinski definition) is 4. The summed E-state index contributed by atoms with van der Waals surface area (Å²) in [5.74, 6) is 0.114. The van der Waals surface area contributed by atoms with Gasteiger partial charge in [-0.25, -0.2) is 4.68 Å². The standard InChI is InChI=1S/C17H22N4O2/c1-20(17(22)11-15-13-23-10-8-18-15)12-14-5-2-3-6-16(14)21-9-4-7-19-21/h2-7,9,15,18H,8,10-13H2,1H3. The van der Waals surface area contributed by atoms with E-state index in [1.807, 2.05) is 48.3 Å². The van der Waals surface area contributed by atoms with Crippen LogP contribution in [0.2, 0.25) is 0 Å². The number of morpholine rings is 1. The van der Waals surface area contributed by atoms with Gasteiger partial charge in [-0.15, -0.1) is 0 Å². The van der Waals surface area contributed by atoms with Gasteiger partial charge in [0.05, 0.1) is 18.9 Å². The lowest BCUT2D eigenvalue weighted by Gasteiger charge is -2.26. The Balaban J connectivity index is 1.65. The quantitative estimate of drug-likeness (QED) is 0.901. The van der Waals surface area contributed by atoms with Gasteiger partial charge in [0.1, 0.15) is 0 Å². The molecule has 0 radical (unpaired) electrons. The van der Waals surface area contributed by atoms with Gasteiger partial charge in [-0.1, -0.05) is 18.2 Å². The van der Waals surface area contributed by atoms with Crippen molar-refractivity contribution in [3.63, 3.8) is 0 Å². The first kappa shape index (κ1) is 15.7. The lowest BCUT2D eigenvalue weighted by Crippen LogP contribution is -2.44. The minimum absolute atomic E-state index is 0.111. The third kappa shape index (κ3) is 3.97. The molecule has 1 aromatic carbocycles. The van der Waals surface area contributed by atoms with Crippen LogP contribution >= 0.6 is 0 Å². The van der Waals surface area contributed by atoms with Crippen molar-refractivity contribution in [3.05, 3.63) is 48.3 Å². The first-order chi connectivity index (χ1) is 11.2. The largest absolute Gasteiger partial charge is 0.378 e. The number of ether oxygens (including phenoxy) is 1. The van der Waals surface area contributed by atoms with Crippen LogP contribution in [0.25, 0.3) is 5.69 Å². The molecule has 2 heterocycles. The molecule has 2 aromatic rings. The Morgan fingerprint density at radius 3 is 3.04 bits per heavy atom. The molecule has 0 spiro atoms. The smallest absolute Gasteiger partial charge is 0.224 e. The van der Waals surface area contributed by atoms with Crippen LogP contribution in [0.15, 0.2) is 42.7 Å². The first-order valence-corrected chi connectivity index (χ1v) is 7.87. The van der Waals surface area contributed by atoms with E-state index in [4.69, 9.17) is 4.74 Å². The van der Waals surface area contributed by atoms with Crippen molar-refractivity contribution in [1.82, 2.24) is 20.0 Å². The van der Waals surface area contributed by atoms with Gasteiger partial charge in [-0.05, 0) is 17.7 Å². The molecular weight excluding hydrogens is 292 g/mol. The van der Waals surface area contributed by atoms with Gasteiger partial charge in [0.25, 0.3) is 0 Å². The zero-order valence-electron chi connectivity index (χ0n) is 13.3. The van der Waals surface area contributed by atoms with Gasteiger partial charge < -0.3 is 15.0 Å². The lowest BCUT2D eigenvalue weighted by atomic mass is 10.1. The van der Waals surface area contributed by atoms with Crippen molar-refractivity contribution in [3.8, 4) is 5.69 Å². The highest BCUT2D eigenvalue weighted by Gasteiger charge is 2.20. The fourth-order valence-corrected chi connectivity index (χ4v) is 2.74. The minimum Gasteiger partial charge on any atom is -0.378 e. The second-order valence-corrected chi connectivity index (χ2v) is 5.76. The Hall–Kier alpha value is -2.18. The number of aromatic nitrogens is 2. The molecule has 0 saturated carbocycles. The molecule has 122 valence electrons. The Bertz CT molecular complexity index is 636. The Morgan fingerprint density at radius 2 is 2.30 bits per heavy atom. The molecule has 1 aliphatic rings. The van der Waals surface area contributed by atoms with Crippen molar-refractivity contribution in [2.24, 2.45) is 0 Å². The average molecular weight is 314 g/mol. The lowest BCUT2D eigenvalue weighted by molar-refractivity contribution is -0.131. The molecule has 1 atom stereocenters. The van der Waals surface area contributed by atoms with Crippen LogP contribution in [0.1, 0.15) is 12.0 Å². The zero-order chi connectivity index (χ0) is 16.1. The van der Waals surface area contributed by atoms with E-state index in [-0.39, 0.29) is 11.9 Å². The zero-order valence-corrected chi connectivity index (χ0v) is 13.3. The molecule has 6 heteroatoms. The number of nitrogens with zero attached hydrogens (tertiary/aromatic N) is 3. The predicted molar refractivity (Wildman–Crippen MR) is 87.3 cm³/mol. The van der Waals surface area contributed by atoms with Crippen molar-refractivity contribution < 1.29 is 9.53 Å². The van der Waals surface area contributed by atoms with Gasteiger partial charge >= 0.3 is 0 Å². The summed E-state index contributed by atoms with van der Waals surface area (Å²) < 4.78 is 7.23. The summed E-state index contributed by atoms with van der Waals surface area (Å²) in [6.07, 6.45) is 4.12. The second kappa shape index (κ2) is 7.39. The number of benzene rings is 1. The third-order valence-corrected chi connectivity index (χ3v) is 4.00. The summed E-state index contributed by atoms with van der Waals surface area (Å²) >= 11 is 0. The average Bonchev–Trinajstić information content (AvgIpc) is 3.10. The molecule has 0 bridgehead atoms. The van der Waals surface area contributed by atoms with E-state index in [9.17, 15) is 4.79 Å². The topological polar surface area (TPSA) is 59.4 Å². The number of nitrogens with one attached hydrogen (secondary N) is 1. The van der Waals surface area contributed by atoms with E-state index in [0.717, 1.165) is 24.4 Å². The molecule has 3 rings (SSSR count). The SMILES string of the molecule is CN(Cc1ccccc1-n1cccn1)C(=O)CC1COCCN1. The fourth-order valence-electron chi connectivity index (χ4n) is 2.74. The molecule has 1 fully saturated rings. The summed E-state index contributed by atoms with van der Waals surface area (Å²) in [4.78, 5) is 14.2. The van der Waals surface area contributed by atoms with Gasteiger partial charge in [-0.2, -0.15) is 5.10 Å². The predicted octanol–water partition coefficient (Wildman–Crippen LogP) is 1.21. The van der Waals surface area contributed by atoms with Crippen molar-refractivity contribution in [1.29, 1.82) is 0 Å². The highest BCUT2D eigenvalue weighted by molar-refractivity contribution is 5.76. The summed E-state index contributed by atoms with van der Waals surface area (Å²) in [5.41, 5.74) is 2.07. The summed E-state index contributed by atoms with van der Waals surface area (Å²) in [7, 11) is 1.84. The Morgan fingerprint density at radius 1 is 1.43 bits per heavy atom.